The number of anilines is 1. The molecule has 1 aromatic carbocycles. The molecule has 2 rings (SSSR count). The zero-order chi connectivity index (χ0) is 22.1. The Morgan fingerprint density at radius 2 is 1.97 bits per heavy atom. The maximum Gasteiger partial charge on any atom is 0.413 e. The Morgan fingerprint density at radius 3 is 2.57 bits per heavy atom. The summed E-state index contributed by atoms with van der Waals surface area (Å²) < 4.78 is 10.5. The minimum absolute atomic E-state index is 0.00999. The number of nitriles is 1. The van der Waals surface area contributed by atoms with Crippen LogP contribution in [0.2, 0.25) is 0 Å². The first-order valence-electron chi connectivity index (χ1n) is 8.70. The SMILES string of the molecule is CC(C)(C)OC(=O)Nc1nc(/C(=N/OCCOc2ccc(C#N)cc2)C(=O)O)cs1. The second-order valence-electron chi connectivity index (χ2n) is 6.73. The zero-order valence-electron chi connectivity index (χ0n) is 16.5. The summed E-state index contributed by atoms with van der Waals surface area (Å²) in [6, 6.07) is 8.50. The summed E-state index contributed by atoms with van der Waals surface area (Å²) in [6.07, 6.45) is -0.701. The lowest BCUT2D eigenvalue weighted by molar-refractivity contribution is -0.129. The molecule has 0 unspecified atom stereocenters. The van der Waals surface area contributed by atoms with E-state index in [1.54, 1.807) is 45.0 Å². The number of aromatic nitrogens is 1. The second kappa shape index (κ2) is 10.2. The van der Waals surface area contributed by atoms with Gasteiger partial charge >= 0.3 is 12.1 Å². The van der Waals surface area contributed by atoms with Crippen LogP contribution in [-0.2, 0) is 14.4 Å². The van der Waals surface area contributed by atoms with Crippen LogP contribution < -0.4 is 10.1 Å². The molecule has 0 fully saturated rings. The number of aliphatic carboxylic acids is 1. The van der Waals surface area contributed by atoms with E-state index < -0.39 is 23.4 Å². The molecular weight excluding hydrogens is 412 g/mol. The number of hydrogen-bond donors (Lipinski definition) is 2. The third-order valence-electron chi connectivity index (χ3n) is 3.14. The van der Waals surface area contributed by atoms with Crippen LogP contribution in [0.3, 0.4) is 0 Å². The van der Waals surface area contributed by atoms with Gasteiger partial charge in [0, 0.05) is 5.38 Å². The number of hydrogen-bond acceptors (Lipinski definition) is 9. The first-order valence-corrected chi connectivity index (χ1v) is 9.58. The molecule has 0 saturated heterocycles. The van der Waals surface area contributed by atoms with Gasteiger partial charge in [0.15, 0.2) is 11.7 Å². The molecule has 0 atom stereocenters. The summed E-state index contributed by atoms with van der Waals surface area (Å²) in [4.78, 5) is 32.3. The third-order valence-corrected chi connectivity index (χ3v) is 3.90. The maximum atomic E-state index is 11.8. The van der Waals surface area contributed by atoms with E-state index in [4.69, 9.17) is 19.6 Å². The molecule has 11 heteroatoms. The van der Waals surface area contributed by atoms with E-state index >= 15 is 0 Å². The lowest BCUT2D eigenvalue weighted by Crippen LogP contribution is -2.27. The van der Waals surface area contributed by atoms with E-state index in [0.717, 1.165) is 11.3 Å². The standard InChI is InChI=1S/C19H20N4O6S/c1-19(2,3)29-18(26)22-17-21-14(11-30-17)15(16(24)25)23-28-9-8-27-13-6-4-12(10-20)5-7-13/h4-7,11H,8-9H2,1-3H3,(H,24,25)(H,21,22,26)/b23-15-. The molecule has 0 bridgehead atoms. The number of benzene rings is 1. The van der Waals surface area contributed by atoms with Crippen molar-refractivity contribution >= 4 is 34.2 Å². The Bertz CT molecular complexity index is 957. The molecule has 0 spiro atoms. The Kier molecular flexibility index (Phi) is 7.71. The molecular formula is C19H20N4O6S. The summed E-state index contributed by atoms with van der Waals surface area (Å²) in [7, 11) is 0. The van der Waals surface area contributed by atoms with Crippen LogP contribution in [0.1, 0.15) is 32.0 Å². The van der Waals surface area contributed by atoms with Crippen molar-refractivity contribution in [2.45, 2.75) is 26.4 Å². The fourth-order valence-electron chi connectivity index (χ4n) is 1.96. The summed E-state index contributed by atoms with van der Waals surface area (Å²) in [5.41, 5.74) is -0.544. The van der Waals surface area contributed by atoms with E-state index in [2.05, 4.69) is 15.5 Å². The normalized spacial score (nSPS) is 11.3. The largest absolute Gasteiger partial charge is 0.490 e. The quantitative estimate of drug-likeness (QED) is 0.368. The van der Waals surface area contributed by atoms with Crippen molar-refractivity contribution in [2.24, 2.45) is 5.16 Å². The molecule has 10 nitrogen and oxygen atoms in total. The van der Waals surface area contributed by atoms with Gasteiger partial charge in [-0.3, -0.25) is 5.32 Å². The average molecular weight is 432 g/mol. The lowest BCUT2D eigenvalue weighted by atomic mass is 10.2. The molecule has 30 heavy (non-hydrogen) atoms. The van der Waals surface area contributed by atoms with Gasteiger partial charge in [-0.05, 0) is 45.0 Å². The van der Waals surface area contributed by atoms with Crippen LogP contribution in [0.4, 0.5) is 9.93 Å². The molecule has 2 aromatic rings. The Hall–Kier alpha value is -3.65. The molecule has 158 valence electrons. The minimum atomic E-state index is -1.34. The number of carboxylic acids is 1. The number of carbonyl (C=O) groups excluding carboxylic acids is 1. The zero-order valence-corrected chi connectivity index (χ0v) is 17.4. The highest BCUT2D eigenvalue weighted by Crippen LogP contribution is 2.18. The number of nitrogens with zero attached hydrogens (tertiary/aromatic N) is 3. The number of oxime groups is 1. The van der Waals surface area contributed by atoms with Crippen molar-refractivity contribution in [1.29, 1.82) is 5.26 Å². The van der Waals surface area contributed by atoms with Gasteiger partial charge in [-0.25, -0.2) is 14.6 Å². The second-order valence-corrected chi connectivity index (χ2v) is 7.59. The van der Waals surface area contributed by atoms with Crippen molar-refractivity contribution < 1.29 is 29.0 Å². The number of amides is 1. The summed E-state index contributed by atoms with van der Waals surface area (Å²) in [5.74, 6) is -0.797. The van der Waals surface area contributed by atoms with Crippen molar-refractivity contribution in [3.8, 4) is 11.8 Å². The van der Waals surface area contributed by atoms with Crippen LogP contribution in [-0.4, -0.2) is 46.7 Å². The Morgan fingerprint density at radius 1 is 1.27 bits per heavy atom. The van der Waals surface area contributed by atoms with Gasteiger partial charge in [-0.15, -0.1) is 11.3 Å². The minimum Gasteiger partial charge on any atom is -0.490 e. The molecule has 0 aliphatic heterocycles. The fourth-order valence-corrected chi connectivity index (χ4v) is 2.64. The predicted molar refractivity (Wildman–Crippen MR) is 109 cm³/mol. The molecule has 1 heterocycles. The van der Waals surface area contributed by atoms with Crippen LogP contribution in [0.5, 0.6) is 5.75 Å². The molecule has 1 amide bonds. The van der Waals surface area contributed by atoms with Crippen molar-refractivity contribution in [1.82, 2.24) is 4.98 Å². The van der Waals surface area contributed by atoms with Crippen LogP contribution >= 0.6 is 11.3 Å². The molecule has 1 aromatic heterocycles. The van der Waals surface area contributed by atoms with E-state index in [1.807, 2.05) is 6.07 Å². The van der Waals surface area contributed by atoms with E-state index in [-0.39, 0.29) is 24.0 Å². The monoisotopic (exact) mass is 432 g/mol. The smallest absolute Gasteiger partial charge is 0.413 e. The molecule has 0 radical (unpaired) electrons. The Balaban J connectivity index is 1.89. The van der Waals surface area contributed by atoms with Crippen molar-refractivity contribution in [3.05, 3.63) is 40.9 Å². The number of carboxylic acid groups (broad SMARTS) is 1. The first kappa shape index (κ1) is 22.6. The Labute approximate surface area is 176 Å². The van der Waals surface area contributed by atoms with Gasteiger partial charge in [-0.2, -0.15) is 5.26 Å². The molecule has 0 saturated carbocycles. The van der Waals surface area contributed by atoms with E-state index in [0.29, 0.717) is 11.3 Å². The van der Waals surface area contributed by atoms with Crippen LogP contribution in [0.15, 0.2) is 34.8 Å². The van der Waals surface area contributed by atoms with Gasteiger partial charge < -0.3 is 19.4 Å². The fraction of sp³-hybridized carbons (Fsp3) is 0.316. The number of carbonyl (C=O) groups is 2. The summed E-state index contributed by atoms with van der Waals surface area (Å²) in [6.45, 7) is 5.27. The van der Waals surface area contributed by atoms with Crippen molar-refractivity contribution in [3.63, 3.8) is 0 Å². The highest BCUT2D eigenvalue weighted by Gasteiger charge is 2.20. The topological polar surface area (TPSA) is 143 Å². The van der Waals surface area contributed by atoms with Gasteiger partial charge in [-0.1, -0.05) is 5.16 Å². The summed E-state index contributed by atoms with van der Waals surface area (Å²) >= 11 is 1.02. The maximum absolute atomic E-state index is 11.8. The van der Waals surface area contributed by atoms with Gasteiger partial charge in [0.05, 0.1) is 11.6 Å². The third kappa shape index (κ3) is 7.40. The van der Waals surface area contributed by atoms with Gasteiger partial charge in [0.25, 0.3) is 0 Å². The van der Waals surface area contributed by atoms with Crippen LogP contribution in [0, 0.1) is 11.3 Å². The molecule has 0 aliphatic rings. The lowest BCUT2D eigenvalue weighted by Gasteiger charge is -2.18. The number of ether oxygens (including phenoxy) is 2. The number of thiazole rings is 1. The molecule has 2 N–H and O–H groups in total. The molecule has 0 aliphatic carbocycles. The van der Waals surface area contributed by atoms with E-state index in [1.165, 1.54) is 5.38 Å². The van der Waals surface area contributed by atoms with Crippen molar-refractivity contribution in [2.75, 3.05) is 18.5 Å². The number of rotatable bonds is 8. The van der Waals surface area contributed by atoms with Gasteiger partial charge in [0.1, 0.15) is 23.7 Å². The first-order chi connectivity index (χ1) is 14.2. The van der Waals surface area contributed by atoms with Gasteiger partial charge in [0.2, 0.25) is 5.71 Å². The predicted octanol–water partition coefficient (Wildman–Crippen LogP) is 3.25. The summed E-state index contributed by atoms with van der Waals surface area (Å²) in [5, 5.41) is 25.7. The number of nitrogens with one attached hydrogen (secondary N) is 1. The highest BCUT2D eigenvalue weighted by molar-refractivity contribution is 7.14. The van der Waals surface area contributed by atoms with E-state index in [9.17, 15) is 14.7 Å². The highest BCUT2D eigenvalue weighted by atomic mass is 32.1. The van der Waals surface area contributed by atoms with Crippen LogP contribution in [0.25, 0.3) is 0 Å². The average Bonchev–Trinajstić information content (AvgIpc) is 3.10.